The number of nitrogen functional groups attached to an aromatic ring is 1. The molecule has 1 saturated heterocycles. The summed E-state index contributed by atoms with van der Waals surface area (Å²) >= 11 is 5.22. The number of likely N-dealkylation sites (tertiary alicyclic amines) is 1. The summed E-state index contributed by atoms with van der Waals surface area (Å²) < 4.78 is 14.6. The fourth-order valence-electron chi connectivity index (χ4n) is 4.23. The minimum absolute atomic E-state index is 0.152. The van der Waals surface area contributed by atoms with E-state index < -0.39 is 0 Å². The summed E-state index contributed by atoms with van der Waals surface area (Å²) in [5.74, 6) is 2.54. The molecule has 5 rings (SSSR count). The molecule has 1 amide bonds. The average molecular weight is 518 g/mol. The Morgan fingerprint density at radius 2 is 2.09 bits per heavy atom. The Labute approximate surface area is 198 Å². The molecule has 1 atom stereocenters. The van der Waals surface area contributed by atoms with E-state index in [9.17, 15) is 4.79 Å². The molecule has 0 bridgehead atoms. The third-order valence-corrected chi connectivity index (χ3v) is 7.92. The lowest BCUT2D eigenvalue weighted by Crippen LogP contribution is -2.25. The number of rotatable bonds is 5. The first-order chi connectivity index (χ1) is 15.5. The summed E-state index contributed by atoms with van der Waals surface area (Å²) in [6.45, 7) is 5.19. The van der Waals surface area contributed by atoms with E-state index >= 15 is 0 Å². The lowest BCUT2D eigenvalue weighted by Gasteiger charge is -2.20. The number of benzene rings is 1. The molecule has 8 nitrogen and oxygen atoms in total. The zero-order valence-electron chi connectivity index (χ0n) is 17.7. The molecule has 2 aliphatic heterocycles. The SMILES string of the molecule is CC(=O)N1CCC(CCn2c(Sc3cc4c(cc3Br)OCCO4)nc3c(N)nccc32)C1. The van der Waals surface area contributed by atoms with Gasteiger partial charge < -0.3 is 24.7 Å². The molecule has 4 heterocycles. The second-order valence-corrected chi connectivity index (χ2v) is 9.91. The highest BCUT2D eigenvalue weighted by molar-refractivity contribution is 9.10. The van der Waals surface area contributed by atoms with Crippen LogP contribution in [-0.2, 0) is 11.3 Å². The molecule has 0 aliphatic carbocycles. The molecule has 0 spiro atoms. The van der Waals surface area contributed by atoms with E-state index in [1.165, 1.54) is 0 Å². The number of halogens is 1. The van der Waals surface area contributed by atoms with E-state index in [2.05, 4.69) is 25.5 Å². The highest BCUT2D eigenvalue weighted by atomic mass is 79.9. The van der Waals surface area contributed by atoms with Crippen LogP contribution in [0.25, 0.3) is 11.0 Å². The zero-order chi connectivity index (χ0) is 22.2. The van der Waals surface area contributed by atoms with Crippen LogP contribution < -0.4 is 15.2 Å². The van der Waals surface area contributed by atoms with Gasteiger partial charge in [0, 0.05) is 42.1 Å². The first-order valence-corrected chi connectivity index (χ1v) is 12.2. The number of anilines is 1. The first kappa shape index (κ1) is 21.4. The van der Waals surface area contributed by atoms with Crippen molar-refractivity contribution in [3.05, 3.63) is 28.9 Å². The van der Waals surface area contributed by atoms with Crippen molar-refractivity contribution >= 4 is 50.5 Å². The van der Waals surface area contributed by atoms with Crippen LogP contribution in [0.5, 0.6) is 11.5 Å². The van der Waals surface area contributed by atoms with Crippen LogP contribution in [0.1, 0.15) is 19.8 Å². The predicted molar refractivity (Wildman–Crippen MR) is 126 cm³/mol. The maximum absolute atomic E-state index is 11.7. The molecule has 0 radical (unpaired) electrons. The summed E-state index contributed by atoms with van der Waals surface area (Å²) in [4.78, 5) is 23.7. The first-order valence-electron chi connectivity index (χ1n) is 10.6. The summed E-state index contributed by atoms with van der Waals surface area (Å²) in [6, 6.07) is 5.88. The van der Waals surface area contributed by atoms with Gasteiger partial charge in [-0.25, -0.2) is 9.97 Å². The third-order valence-electron chi connectivity index (χ3n) is 5.95. The molecule has 1 unspecified atom stereocenters. The highest BCUT2D eigenvalue weighted by Crippen LogP contribution is 2.42. The number of fused-ring (bicyclic) bond motifs is 2. The van der Waals surface area contributed by atoms with Gasteiger partial charge in [-0.15, -0.1) is 0 Å². The molecule has 2 aromatic heterocycles. The van der Waals surface area contributed by atoms with Crippen LogP contribution in [0.4, 0.5) is 5.82 Å². The van der Waals surface area contributed by atoms with Gasteiger partial charge in [0.25, 0.3) is 0 Å². The maximum Gasteiger partial charge on any atom is 0.219 e. The maximum atomic E-state index is 11.7. The minimum atomic E-state index is 0.152. The summed E-state index contributed by atoms with van der Waals surface area (Å²) in [5.41, 5.74) is 7.81. The molecule has 0 saturated carbocycles. The van der Waals surface area contributed by atoms with Crippen molar-refractivity contribution < 1.29 is 14.3 Å². The molecule has 10 heteroatoms. The standard InChI is InChI=1S/C22H24BrN5O3S/c1-13(29)27-6-3-14(12-27)4-7-28-16-2-5-25-21(24)20(16)26-22(28)32-19-11-18-17(10-15(19)23)30-8-9-31-18/h2,5,10-11,14H,3-4,6-9,12H2,1H3,(H2,24,25). The number of imidazole rings is 1. The number of carbonyl (C=O) groups is 1. The van der Waals surface area contributed by atoms with Gasteiger partial charge in [-0.05, 0) is 52.9 Å². The lowest BCUT2D eigenvalue weighted by atomic mass is 10.1. The van der Waals surface area contributed by atoms with Crippen LogP contribution in [0, 0.1) is 5.92 Å². The molecule has 3 aromatic rings. The van der Waals surface area contributed by atoms with E-state index in [0.717, 1.165) is 64.0 Å². The van der Waals surface area contributed by atoms with Crippen molar-refractivity contribution in [3.63, 3.8) is 0 Å². The normalized spacial score (nSPS) is 17.8. The van der Waals surface area contributed by atoms with E-state index in [4.69, 9.17) is 20.2 Å². The summed E-state index contributed by atoms with van der Waals surface area (Å²) in [6.07, 6.45) is 3.72. The predicted octanol–water partition coefficient (Wildman–Crippen LogP) is 3.96. The van der Waals surface area contributed by atoms with Gasteiger partial charge in [-0.1, -0.05) is 11.8 Å². The van der Waals surface area contributed by atoms with Crippen molar-refractivity contribution in [2.75, 3.05) is 32.0 Å². The Balaban J connectivity index is 1.44. The lowest BCUT2D eigenvalue weighted by molar-refractivity contribution is -0.127. The van der Waals surface area contributed by atoms with E-state index in [1.807, 2.05) is 23.1 Å². The van der Waals surface area contributed by atoms with Crippen molar-refractivity contribution in [1.82, 2.24) is 19.4 Å². The van der Waals surface area contributed by atoms with Crippen LogP contribution >= 0.6 is 27.7 Å². The van der Waals surface area contributed by atoms with Gasteiger partial charge in [0.05, 0.1) is 5.52 Å². The molecule has 2 N–H and O–H groups in total. The monoisotopic (exact) mass is 517 g/mol. The largest absolute Gasteiger partial charge is 0.486 e. The second-order valence-electron chi connectivity index (χ2n) is 8.05. The van der Waals surface area contributed by atoms with Crippen molar-refractivity contribution in [1.29, 1.82) is 0 Å². The second kappa shape index (κ2) is 8.82. The van der Waals surface area contributed by atoms with Crippen LogP contribution in [0.15, 0.2) is 38.9 Å². The molecule has 2 aliphatic rings. The molecule has 32 heavy (non-hydrogen) atoms. The number of nitrogens with zero attached hydrogens (tertiary/aromatic N) is 4. The van der Waals surface area contributed by atoms with Crippen LogP contribution in [-0.4, -0.2) is 51.6 Å². The number of amides is 1. The molecular formula is C22H24BrN5O3S. The van der Waals surface area contributed by atoms with Gasteiger partial charge in [0.15, 0.2) is 22.5 Å². The van der Waals surface area contributed by atoms with E-state index in [-0.39, 0.29) is 5.91 Å². The number of aromatic nitrogens is 3. The van der Waals surface area contributed by atoms with Crippen molar-refractivity contribution in [2.45, 2.75) is 36.4 Å². The number of hydrogen-bond donors (Lipinski definition) is 1. The van der Waals surface area contributed by atoms with Gasteiger partial charge in [-0.2, -0.15) is 0 Å². The summed E-state index contributed by atoms with van der Waals surface area (Å²) in [5, 5.41) is 0.846. The van der Waals surface area contributed by atoms with Crippen LogP contribution in [0.2, 0.25) is 0 Å². The Morgan fingerprint density at radius 1 is 1.31 bits per heavy atom. The number of carbonyl (C=O) groups excluding carboxylic acids is 1. The highest BCUT2D eigenvalue weighted by Gasteiger charge is 2.25. The molecule has 1 aromatic carbocycles. The Hall–Kier alpha value is -2.46. The van der Waals surface area contributed by atoms with E-state index in [0.29, 0.717) is 30.5 Å². The molecule has 168 valence electrons. The number of ether oxygens (including phenoxy) is 2. The van der Waals surface area contributed by atoms with Gasteiger partial charge >= 0.3 is 0 Å². The number of aryl methyl sites for hydroxylation is 1. The number of pyridine rings is 1. The quantitative estimate of drug-likeness (QED) is 0.547. The molecule has 1 fully saturated rings. The Morgan fingerprint density at radius 3 is 2.84 bits per heavy atom. The van der Waals surface area contributed by atoms with Crippen molar-refractivity contribution in [2.24, 2.45) is 5.92 Å². The number of nitrogens with two attached hydrogens (primary N) is 1. The topological polar surface area (TPSA) is 95.5 Å². The Kier molecular flexibility index (Phi) is 5.90. The zero-order valence-corrected chi connectivity index (χ0v) is 20.1. The van der Waals surface area contributed by atoms with Gasteiger partial charge in [-0.3, -0.25) is 4.79 Å². The summed E-state index contributed by atoms with van der Waals surface area (Å²) in [7, 11) is 0. The Bertz CT molecular complexity index is 1180. The average Bonchev–Trinajstić information content (AvgIpc) is 3.38. The fourth-order valence-corrected chi connectivity index (χ4v) is 5.75. The third kappa shape index (κ3) is 4.13. The smallest absolute Gasteiger partial charge is 0.219 e. The number of hydrogen-bond acceptors (Lipinski definition) is 7. The van der Waals surface area contributed by atoms with Crippen LogP contribution in [0.3, 0.4) is 0 Å². The van der Waals surface area contributed by atoms with E-state index in [1.54, 1.807) is 24.9 Å². The molecular weight excluding hydrogens is 494 g/mol. The van der Waals surface area contributed by atoms with Crippen molar-refractivity contribution in [3.8, 4) is 11.5 Å². The van der Waals surface area contributed by atoms with Gasteiger partial charge in [0.2, 0.25) is 5.91 Å². The fraction of sp³-hybridized carbons (Fsp3) is 0.409. The van der Waals surface area contributed by atoms with Gasteiger partial charge in [0.1, 0.15) is 18.7 Å². The minimum Gasteiger partial charge on any atom is -0.486 e.